The van der Waals surface area contributed by atoms with E-state index in [0.717, 1.165) is 36.3 Å². The van der Waals surface area contributed by atoms with Gasteiger partial charge in [-0.05, 0) is 31.4 Å². The van der Waals surface area contributed by atoms with Gasteiger partial charge in [0.25, 0.3) is 5.91 Å². The van der Waals surface area contributed by atoms with Crippen LogP contribution in [0.3, 0.4) is 0 Å². The van der Waals surface area contributed by atoms with Crippen molar-refractivity contribution in [3.05, 3.63) is 33.7 Å². The molecule has 0 saturated heterocycles. The molecular formula is C17H15ClN2O3S2. The molecule has 25 heavy (non-hydrogen) atoms. The van der Waals surface area contributed by atoms with Crippen LogP contribution in [-0.4, -0.2) is 22.8 Å². The summed E-state index contributed by atoms with van der Waals surface area (Å²) in [4.78, 5) is 30.4. The Labute approximate surface area is 157 Å². The van der Waals surface area contributed by atoms with Gasteiger partial charge in [0.05, 0.1) is 27.1 Å². The van der Waals surface area contributed by atoms with Crippen molar-refractivity contribution in [1.82, 2.24) is 4.98 Å². The Kier molecular flexibility index (Phi) is 4.62. The number of nitrogens with one attached hydrogen (secondary N) is 1. The summed E-state index contributed by atoms with van der Waals surface area (Å²) in [6.45, 7) is 0. The van der Waals surface area contributed by atoms with E-state index in [-0.39, 0.29) is 23.4 Å². The highest BCUT2D eigenvalue weighted by molar-refractivity contribution is 7.20. The molecule has 5 nitrogen and oxygen atoms in total. The smallest absolute Gasteiger partial charge is 0.264 e. The Morgan fingerprint density at radius 2 is 2.16 bits per heavy atom. The molecule has 2 atom stereocenters. The third-order valence-electron chi connectivity index (χ3n) is 4.46. The maximum absolute atomic E-state index is 12.6. The second-order valence-electron chi connectivity index (χ2n) is 6.06. The maximum Gasteiger partial charge on any atom is 0.264 e. The fraction of sp³-hybridized carbons (Fsp3) is 0.353. The van der Waals surface area contributed by atoms with E-state index in [2.05, 4.69) is 10.3 Å². The summed E-state index contributed by atoms with van der Waals surface area (Å²) in [6, 6.07) is 3.69. The number of nitrogens with zero attached hydrogens (tertiary/aromatic N) is 1. The Balaban J connectivity index is 1.48. The first-order valence-corrected chi connectivity index (χ1v) is 10.1. The highest BCUT2D eigenvalue weighted by atomic mass is 35.5. The Morgan fingerprint density at radius 3 is 2.96 bits per heavy atom. The van der Waals surface area contributed by atoms with Crippen LogP contribution in [0, 0.1) is 5.92 Å². The van der Waals surface area contributed by atoms with E-state index in [1.54, 1.807) is 0 Å². The number of thiophene rings is 1. The lowest BCUT2D eigenvalue weighted by atomic mass is 9.80. The highest BCUT2D eigenvalue weighted by Crippen LogP contribution is 2.35. The van der Waals surface area contributed by atoms with Crippen LogP contribution in [0.4, 0.5) is 5.13 Å². The molecule has 4 rings (SSSR count). The van der Waals surface area contributed by atoms with E-state index < -0.39 is 5.91 Å². The van der Waals surface area contributed by atoms with Crippen molar-refractivity contribution in [2.75, 3.05) is 5.32 Å². The fourth-order valence-corrected chi connectivity index (χ4v) is 4.98. The zero-order valence-electron chi connectivity index (χ0n) is 13.2. The Morgan fingerprint density at radius 1 is 1.32 bits per heavy atom. The summed E-state index contributed by atoms with van der Waals surface area (Å²) in [5.41, 5.74) is 0.837. The minimum Gasteiger partial charge on any atom is -0.496 e. The van der Waals surface area contributed by atoms with E-state index in [1.165, 1.54) is 28.9 Å². The van der Waals surface area contributed by atoms with Crippen LogP contribution in [0.25, 0.3) is 10.6 Å². The minimum atomic E-state index is -0.459. The van der Waals surface area contributed by atoms with Gasteiger partial charge in [-0.3, -0.25) is 14.9 Å². The molecular weight excluding hydrogens is 380 g/mol. The van der Waals surface area contributed by atoms with Crippen LogP contribution < -0.4 is 5.32 Å². The summed E-state index contributed by atoms with van der Waals surface area (Å²) in [5.74, 6) is -0.769. The molecule has 130 valence electrons. The molecule has 8 heteroatoms. The largest absolute Gasteiger partial charge is 0.496 e. The van der Waals surface area contributed by atoms with Crippen molar-refractivity contribution in [1.29, 1.82) is 0 Å². The number of ether oxygens (including phenoxy) is 1. The van der Waals surface area contributed by atoms with E-state index in [0.29, 0.717) is 9.47 Å². The standard InChI is InChI=1S/C17H15ClN2O3S2/c18-14-6-5-13(25-14)11-8-24-17(19-11)20-16(22)10-7-23-12-4-2-1-3-9(12)15(10)21/h5-9,12H,1-4H2,(H,19,20,22). The summed E-state index contributed by atoms with van der Waals surface area (Å²) in [7, 11) is 0. The van der Waals surface area contributed by atoms with Crippen molar-refractivity contribution in [3.8, 4) is 10.6 Å². The van der Waals surface area contributed by atoms with Gasteiger partial charge in [-0.1, -0.05) is 18.0 Å². The molecule has 0 spiro atoms. The lowest BCUT2D eigenvalue weighted by molar-refractivity contribution is -0.129. The van der Waals surface area contributed by atoms with Gasteiger partial charge in [0.15, 0.2) is 10.9 Å². The third-order valence-corrected chi connectivity index (χ3v) is 6.47. The van der Waals surface area contributed by atoms with Gasteiger partial charge in [0.2, 0.25) is 0 Å². The summed E-state index contributed by atoms with van der Waals surface area (Å²) in [6.07, 6.45) is 4.98. The number of fused-ring (bicyclic) bond motifs is 1. The summed E-state index contributed by atoms with van der Waals surface area (Å²) >= 11 is 8.68. The molecule has 1 aliphatic carbocycles. The van der Waals surface area contributed by atoms with Crippen molar-refractivity contribution in [3.63, 3.8) is 0 Å². The first-order chi connectivity index (χ1) is 12.1. The fourth-order valence-electron chi connectivity index (χ4n) is 3.20. The van der Waals surface area contributed by atoms with Gasteiger partial charge >= 0.3 is 0 Å². The number of Topliss-reactive ketones (excluding diaryl/α,β-unsaturated/α-hetero) is 1. The van der Waals surface area contributed by atoms with Crippen LogP contribution in [0.15, 0.2) is 29.3 Å². The number of halogens is 1. The first-order valence-electron chi connectivity index (χ1n) is 8.04. The molecule has 2 unspecified atom stereocenters. The van der Waals surface area contributed by atoms with Crippen LogP contribution >= 0.6 is 34.3 Å². The lowest BCUT2D eigenvalue weighted by Crippen LogP contribution is -2.39. The molecule has 2 aromatic heterocycles. The first kappa shape index (κ1) is 16.8. The second-order valence-corrected chi connectivity index (χ2v) is 8.63. The topological polar surface area (TPSA) is 68.3 Å². The molecule has 2 aliphatic rings. The number of anilines is 1. The zero-order valence-corrected chi connectivity index (χ0v) is 15.5. The van der Waals surface area contributed by atoms with Gasteiger partial charge < -0.3 is 4.74 Å². The molecule has 1 aliphatic heterocycles. The van der Waals surface area contributed by atoms with Crippen molar-refractivity contribution in [2.24, 2.45) is 5.92 Å². The van der Waals surface area contributed by atoms with Crippen LogP contribution in [0.2, 0.25) is 4.34 Å². The van der Waals surface area contributed by atoms with Crippen molar-refractivity contribution >= 4 is 51.1 Å². The molecule has 2 aromatic rings. The van der Waals surface area contributed by atoms with E-state index in [1.807, 2.05) is 17.5 Å². The van der Waals surface area contributed by atoms with Gasteiger partial charge in [0.1, 0.15) is 11.7 Å². The molecule has 1 fully saturated rings. The molecule has 1 N–H and O–H groups in total. The van der Waals surface area contributed by atoms with E-state index >= 15 is 0 Å². The molecule has 1 amide bonds. The lowest BCUT2D eigenvalue weighted by Gasteiger charge is -2.33. The van der Waals surface area contributed by atoms with Gasteiger partial charge in [-0.2, -0.15) is 0 Å². The number of aromatic nitrogens is 1. The van der Waals surface area contributed by atoms with Gasteiger partial charge in [-0.15, -0.1) is 22.7 Å². The van der Waals surface area contributed by atoms with Crippen molar-refractivity contribution < 1.29 is 14.3 Å². The summed E-state index contributed by atoms with van der Waals surface area (Å²) < 4.78 is 6.31. The molecule has 0 aromatic carbocycles. The van der Waals surface area contributed by atoms with E-state index in [9.17, 15) is 9.59 Å². The number of rotatable bonds is 3. The van der Waals surface area contributed by atoms with Crippen molar-refractivity contribution in [2.45, 2.75) is 31.8 Å². The quantitative estimate of drug-likeness (QED) is 0.778. The average Bonchev–Trinajstić information content (AvgIpc) is 3.24. The zero-order chi connectivity index (χ0) is 17.4. The molecule has 3 heterocycles. The number of ketones is 1. The predicted molar refractivity (Wildman–Crippen MR) is 99.0 cm³/mol. The molecule has 1 saturated carbocycles. The number of thiazole rings is 1. The number of hydrogen-bond donors (Lipinski definition) is 1. The highest BCUT2D eigenvalue weighted by Gasteiger charge is 2.39. The molecule has 0 bridgehead atoms. The second kappa shape index (κ2) is 6.90. The maximum atomic E-state index is 12.6. The minimum absolute atomic E-state index is 0.0761. The Bertz CT molecular complexity index is 858. The Hall–Kier alpha value is -1.70. The van der Waals surface area contributed by atoms with E-state index in [4.69, 9.17) is 16.3 Å². The normalized spacial score (nSPS) is 22.8. The number of carbonyl (C=O) groups excluding carboxylic acids is 2. The van der Waals surface area contributed by atoms with Crippen LogP contribution in [-0.2, 0) is 14.3 Å². The number of amides is 1. The third kappa shape index (κ3) is 3.36. The average molecular weight is 395 g/mol. The van der Waals surface area contributed by atoms with Crippen LogP contribution in [0.1, 0.15) is 25.7 Å². The van der Waals surface area contributed by atoms with Crippen LogP contribution in [0.5, 0.6) is 0 Å². The molecule has 0 radical (unpaired) electrons. The SMILES string of the molecule is O=C(Nc1nc(-c2ccc(Cl)s2)cs1)C1=COC2CCCCC2C1=O. The number of carbonyl (C=O) groups is 2. The summed E-state index contributed by atoms with van der Waals surface area (Å²) in [5, 5.41) is 5.00. The monoisotopic (exact) mass is 394 g/mol. The van der Waals surface area contributed by atoms with Gasteiger partial charge in [-0.25, -0.2) is 4.98 Å². The predicted octanol–water partition coefficient (Wildman–Crippen LogP) is 4.51. The van der Waals surface area contributed by atoms with Gasteiger partial charge in [0, 0.05) is 5.38 Å². The number of hydrogen-bond acceptors (Lipinski definition) is 6.